The highest BCUT2D eigenvalue weighted by Crippen LogP contribution is 2.48. The molecule has 0 aliphatic heterocycles. The molecule has 11 rings (SSSR count). The van der Waals surface area contributed by atoms with Gasteiger partial charge in [0.2, 0.25) is 0 Å². The maximum Gasteiger partial charge on any atom is 0.136 e. The van der Waals surface area contributed by atoms with Gasteiger partial charge in [0.1, 0.15) is 11.2 Å². The predicted molar refractivity (Wildman–Crippen MR) is 218 cm³/mol. The summed E-state index contributed by atoms with van der Waals surface area (Å²) in [6.07, 6.45) is 0. The summed E-state index contributed by atoms with van der Waals surface area (Å²) in [5, 5.41) is 8.19. The minimum absolute atomic E-state index is 0.0544. The van der Waals surface area contributed by atoms with E-state index >= 15 is 0 Å². The van der Waals surface area contributed by atoms with Crippen LogP contribution in [0.2, 0.25) is 0 Å². The molecular weight excluding hydrogens is 617 g/mol. The van der Waals surface area contributed by atoms with Crippen molar-refractivity contribution in [2.24, 2.45) is 0 Å². The Hall–Kier alpha value is -6.70. The van der Waals surface area contributed by atoms with Gasteiger partial charge in [-0.15, -0.1) is 0 Å². The number of hydrogen-bond donors (Lipinski definition) is 0. The van der Waals surface area contributed by atoms with E-state index in [1.165, 1.54) is 0 Å². The minimum atomic E-state index is -0.532. The van der Waals surface area contributed by atoms with Gasteiger partial charge in [0, 0.05) is 10.8 Å². The summed E-state index contributed by atoms with van der Waals surface area (Å²) in [5.74, 6) is 0. The molecule has 11 aromatic rings. The Kier molecular flexibility index (Phi) is 4.43. The van der Waals surface area contributed by atoms with Crippen molar-refractivity contribution in [3.8, 4) is 33.4 Å². The van der Waals surface area contributed by atoms with Gasteiger partial charge in [0.25, 0.3) is 0 Å². The van der Waals surface area contributed by atoms with Crippen molar-refractivity contribution in [2.45, 2.75) is 0 Å². The third kappa shape index (κ3) is 4.16. The first kappa shape index (κ1) is 20.7. The molecule has 1 nitrogen and oxygen atoms in total. The smallest absolute Gasteiger partial charge is 0.136 e. The Morgan fingerprint density at radius 1 is 0.333 bits per heavy atom. The van der Waals surface area contributed by atoms with Crippen molar-refractivity contribution in [1.82, 2.24) is 0 Å². The van der Waals surface area contributed by atoms with Gasteiger partial charge >= 0.3 is 0 Å². The third-order valence-corrected chi connectivity index (χ3v) is 10.1. The number of rotatable bonds is 3. The summed E-state index contributed by atoms with van der Waals surface area (Å²) in [6, 6.07) is 39.9. The molecule has 0 saturated carbocycles. The second-order valence-electron chi connectivity index (χ2n) is 12.8. The molecule has 0 aliphatic carbocycles. The van der Waals surface area contributed by atoms with E-state index in [4.69, 9.17) is 14.0 Å². The Morgan fingerprint density at radius 3 is 1.53 bits per heavy atom. The molecular formula is C50H30O. The van der Waals surface area contributed by atoms with E-state index in [0.29, 0.717) is 5.56 Å². The van der Waals surface area contributed by atoms with Crippen LogP contribution in [0.15, 0.2) is 186 Å². The first-order chi connectivity index (χ1) is 29.1. The number of benzene rings is 10. The monoisotopic (exact) mass is 655 g/mol. The quantitative estimate of drug-likeness (QED) is 0.173. The van der Waals surface area contributed by atoms with E-state index in [2.05, 4.69) is 97.1 Å². The zero-order valence-corrected chi connectivity index (χ0v) is 27.0. The molecule has 1 heteroatoms. The van der Waals surface area contributed by atoms with Crippen LogP contribution < -0.4 is 0 Å². The van der Waals surface area contributed by atoms with Crippen molar-refractivity contribution < 1.29 is 16.8 Å². The number of fused-ring (bicyclic) bond motifs is 8. The molecule has 0 N–H and O–H groups in total. The first-order valence-corrected chi connectivity index (χ1v) is 16.9. The average molecular weight is 656 g/mol. The molecule has 0 atom stereocenters. The molecule has 0 unspecified atom stereocenters. The molecule has 0 saturated heterocycles. The topological polar surface area (TPSA) is 13.1 Å². The summed E-state index contributed by atoms with van der Waals surface area (Å²) >= 11 is 0. The maximum absolute atomic E-state index is 9.41. The van der Waals surface area contributed by atoms with Gasteiger partial charge in [-0.1, -0.05) is 164 Å². The van der Waals surface area contributed by atoms with Gasteiger partial charge in [-0.25, -0.2) is 0 Å². The van der Waals surface area contributed by atoms with Crippen molar-refractivity contribution >= 4 is 75.8 Å². The highest BCUT2D eigenvalue weighted by molar-refractivity contribution is 6.26. The van der Waals surface area contributed by atoms with Crippen LogP contribution in [0.3, 0.4) is 0 Å². The Labute approximate surface area is 307 Å². The van der Waals surface area contributed by atoms with E-state index in [1.54, 1.807) is 0 Å². The third-order valence-electron chi connectivity index (χ3n) is 10.1. The van der Waals surface area contributed by atoms with Crippen molar-refractivity contribution in [1.29, 1.82) is 0 Å². The first-order valence-electron chi connectivity index (χ1n) is 21.4. The molecule has 1 aromatic heterocycles. The van der Waals surface area contributed by atoms with Crippen LogP contribution in [-0.4, -0.2) is 0 Å². The van der Waals surface area contributed by atoms with E-state index in [9.17, 15) is 2.74 Å². The van der Waals surface area contributed by atoms with Gasteiger partial charge in [0.15, 0.2) is 0 Å². The van der Waals surface area contributed by atoms with Crippen LogP contribution >= 0.6 is 0 Å². The summed E-state index contributed by atoms with van der Waals surface area (Å²) in [6.45, 7) is 0. The second-order valence-corrected chi connectivity index (χ2v) is 12.8. The van der Waals surface area contributed by atoms with Crippen molar-refractivity contribution in [2.75, 3.05) is 0 Å². The molecule has 236 valence electrons. The zero-order valence-electron chi connectivity index (χ0n) is 36.0. The molecule has 51 heavy (non-hydrogen) atoms. The van der Waals surface area contributed by atoms with Crippen molar-refractivity contribution in [3.05, 3.63) is 182 Å². The Morgan fingerprint density at radius 2 is 0.843 bits per heavy atom. The molecule has 0 bridgehead atoms. The fraction of sp³-hybridized carbons (Fsp3) is 0. The summed E-state index contributed by atoms with van der Waals surface area (Å²) in [4.78, 5) is 0. The maximum atomic E-state index is 9.41. The largest absolute Gasteiger partial charge is 0.456 e. The number of furan rings is 1. The highest BCUT2D eigenvalue weighted by atomic mass is 16.3. The van der Waals surface area contributed by atoms with Crippen molar-refractivity contribution in [3.63, 3.8) is 0 Å². The van der Waals surface area contributed by atoms with Crippen LogP contribution in [0.5, 0.6) is 0 Å². The fourth-order valence-electron chi connectivity index (χ4n) is 8.02. The van der Waals surface area contributed by atoms with Gasteiger partial charge < -0.3 is 4.42 Å². The van der Waals surface area contributed by atoms with Crippen LogP contribution in [0.1, 0.15) is 12.3 Å². The summed E-state index contributed by atoms with van der Waals surface area (Å²) in [7, 11) is 0. The van der Waals surface area contributed by atoms with E-state index in [0.717, 1.165) is 65.3 Å². The predicted octanol–water partition coefficient (Wildman–Crippen LogP) is 14.4. The fourth-order valence-corrected chi connectivity index (χ4v) is 8.02. The second kappa shape index (κ2) is 10.9. The summed E-state index contributed by atoms with van der Waals surface area (Å²) in [5.41, 5.74) is 4.83. The molecule has 10 aromatic carbocycles. The van der Waals surface area contributed by atoms with E-state index in [1.807, 2.05) is 30.3 Å². The molecule has 0 radical (unpaired) electrons. The molecule has 0 fully saturated rings. The highest BCUT2D eigenvalue weighted by Gasteiger charge is 2.20. The SMILES string of the molecule is [2H]c1c([2H])c(-c2cccc3c(-c4c5ccccc5c(-c5cccc6ccccc56)c5ccccc45)cccc23)c2c(oc3c([2H])c4c([2H])c([2H])c([2H])c([2H])c4c([2H])c32)c1[2H]. The van der Waals surface area contributed by atoms with Crippen LogP contribution in [0.4, 0.5) is 0 Å². The van der Waals surface area contributed by atoms with Crippen LogP contribution in [0.25, 0.3) is 109 Å². The molecule has 0 amide bonds. The minimum Gasteiger partial charge on any atom is -0.456 e. The lowest BCUT2D eigenvalue weighted by Crippen LogP contribution is -1.92. The Bertz CT molecular complexity index is 3660. The van der Waals surface area contributed by atoms with Gasteiger partial charge in [-0.2, -0.15) is 0 Å². The molecule has 0 aliphatic rings. The lowest BCUT2D eigenvalue weighted by atomic mass is 9.83. The van der Waals surface area contributed by atoms with E-state index < -0.39 is 30.2 Å². The average Bonchev–Trinajstić information content (AvgIpc) is 3.68. The van der Waals surface area contributed by atoms with Crippen LogP contribution in [0, 0.1) is 0 Å². The number of hydrogen-bond acceptors (Lipinski definition) is 1. The lowest BCUT2D eigenvalue weighted by molar-refractivity contribution is 0.669. The van der Waals surface area contributed by atoms with Gasteiger partial charge in [-0.05, 0) is 105 Å². The normalized spacial score (nSPS) is 14.4. The Balaban J connectivity index is 1.25. The van der Waals surface area contributed by atoms with Gasteiger partial charge in [0.05, 0.1) is 12.3 Å². The molecule has 0 spiro atoms. The standard InChI is InChI=1S/C50H30O/c1-2-15-33-30-47-45(29-32(33)14-1)50-40(27-12-28-46(50)51-47)37-24-10-23-36-35(37)22-11-26-39(36)49-43-20-7-5-18-41(43)48(42-19-6-8-21-44(42)49)38-25-9-16-31-13-3-4-17-34(31)38/h1-30H/i1D,2D,12D,14D,15D,27D,28D,29D,30D. The van der Waals surface area contributed by atoms with Gasteiger partial charge in [-0.3, -0.25) is 0 Å². The van der Waals surface area contributed by atoms with E-state index in [-0.39, 0.29) is 62.4 Å². The molecule has 1 heterocycles. The zero-order chi connectivity index (χ0) is 41.3. The summed E-state index contributed by atoms with van der Waals surface area (Å²) < 4.78 is 85.9. The van der Waals surface area contributed by atoms with Crippen LogP contribution in [-0.2, 0) is 0 Å². The lowest BCUT2D eigenvalue weighted by Gasteiger charge is -2.20.